The van der Waals surface area contributed by atoms with Crippen LogP contribution in [-0.4, -0.2) is 32.1 Å². The number of hydrogen-bond donors (Lipinski definition) is 2. The zero-order valence-corrected chi connectivity index (χ0v) is 15.6. The van der Waals surface area contributed by atoms with Gasteiger partial charge in [-0.1, -0.05) is 18.2 Å². The van der Waals surface area contributed by atoms with Crippen LogP contribution in [0.2, 0.25) is 0 Å². The summed E-state index contributed by atoms with van der Waals surface area (Å²) in [6.07, 6.45) is 2.90. The Bertz CT molecular complexity index is 831. The molecule has 2 aromatic carbocycles. The largest absolute Gasteiger partial charge is 0.493 e. The minimum absolute atomic E-state index is 0.142. The van der Waals surface area contributed by atoms with Gasteiger partial charge < -0.3 is 20.1 Å². The van der Waals surface area contributed by atoms with E-state index in [1.807, 2.05) is 18.2 Å². The van der Waals surface area contributed by atoms with Crippen LogP contribution in [0.4, 0.5) is 5.69 Å². The zero-order valence-electron chi connectivity index (χ0n) is 15.6. The van der Waals surface area contributed by atoms with Gasteiger partial charge in [0.1, 0.15) is 0 Å². The van der Waals surface area contributed by atoms with Gasteiger partial charge in [0.05, 0.1) is 25.5 Å². The Balaban J connectivity index is 1.60. The number of carbonyl (C=O) groups is 2. The molecule has 1 aliphatic rings. The number of amides is 2. The molecular weight excluding hydrogens is 344 g/mol. The van der Waals surface area contributed by atoms with E-state index in [0.29, 0.717) is 35.6 Å². The number of para-hydroxylation sites is 1. The van der Waals surface area contributed by atoms with Crippen LogP contribution in [0, 0.1) is 0 Å². The Morgan fingerprint density at radius 2 is 1.78 bits per heavy atom. The molecule has 0 bridgehead atoms. The molecule has 0 unspecified atom stereocenters. The lowest BCUT2D eigenvalue weighted by Gasteiger charge is -2.12. The third kappa shape index (κ3) is 5.00. The molecule has 6 heteroatoms. The first-order valence-electron chi connectivity index (χ1n) is 9.01. The van der Waals surface area contributed by atoms with Gasteiger partial charge in [0.25, 0.3) is 5.91 Å². The van der Waals surface area contributed by atoms with E-state index in [-0.39, 0.29) is 17.9 Å². The number of anilines is 1. The van der Waals surface area contributed by atoms with Crippen molar-refractivity contribution in [2.45, 2.75) is 31.7 Å². The average molecular weight is 368 g/mol. The van der Waals surface area contributed by atoms with Crippen molar-refractivity contribution in [2.75, 3.05) is 19.5 Å². The number of rotatable bonds is 8. The summed E-state index contributed by atoms with van der Waals surface area (Å²) in [4.78, 5) is 24.7. The fourth-order valence-corrected chi connectivity index (χ4v) is 2.79. The van der Waals surface area contributed by atoms with Gasteiger partial charge in [-0.3, -0.25) is 9.59 Å². The molecule has 3 rings (SSSR count). The van der Waals surface area contributed by atoms with E-state index in [9.17, 15) is 9.59 Å². The lowest BCUT2D eigenvalue weighted by atomic mass is 10.1. The Labute approximate surface area is 158 Å². The highest BCUT2D eigenvalue weighted by Crippen LogP contribution is 2.28. The molecule has 0 atom stereocenters. The van der Waals surface area contributed by atoms with Crippen molar-refractivity contribution in [1.82, 2.24) is 5.32 Å². The Hall–Kier alpha value is -3.02. The second-order valence-corrected chi connectivity index (χ2v) is 6.53. The third-order valence-electron chi connectivity index (χ3n) is 4.45. The third-order valence-corrected chi connectivity index (χ3v) is 4.45. The van der Waals surface area contributed by atoms with Crippen molar-refractivity contribution in [3.8, 4) is 11.5 Å². The average Bonchev–Trinajstić information content (AvgIpc) is 3.50. The van der Waals surface area contributed by atoms with Crippen molar-refractivity contribution in [3.05, 3.63) is 53.6 Å². The molecule has 27 heavy (non-hydrogen) atoms. The molecule has 1 saturated carbocycles. The van der Waals surface area contributed by atoms with Crippen molar-refractivity contribution >= 4 is 17.5 Å². The van der Waals surface area contributed by atoms with E-state index >= 15 is 0 Å². The van der Waals surface area contributed by atoms with Gasteiger partial charge in [-0.15, -0.1) is 0 Å². The summed E-state index contributed by atoms with van der Waals surface area (Å²) in [5.41, 5.74) is 2.00. The van der Waals surface area contributed by atoms with E-state index in [1.54, 1.807) is 38.5 Å². The van der Waals surface area contributed by atoms with Gasteiger partial charge in [0, 0.05) is 12.5 Å². The second kappa shape index (κ2) is 8.58. The Kier molecular flexibility index (Phi) is 5.96. The maximum atomic E-state index is 12.4. The summed E-state index contributed by atoms with van der Waals surface area (Å²) < 4.78 is 10.5. The summed E-state index contributed by atoms with van der Waals surface area (Å²) in [5.74, 6) is 1.00. The first-order chi connectivity index (χ1) is 13.1. The number of benzene rings is 2. The molecule has 0 radical (unpaired) electrons. The first kappa shape index (κ1) is 18.8. The highest BCUT2D eigenvalue weighted by molar-refractivity contribution is 6.03. The summed E-state index contributed by atoms with van der Waals surface area (Å²) in [5, 5.41) is 5.80. The van der Waals surface area contributed by atoms with Gasteiger partial charge in [-0.05, 0) is 49.1 Å². The molecule has 0 saturated heterocycles. The minimum Gasteiger partial charge on any atom is -0.493 e. The van der Waals surface area contributed by atoms with Gasteiger partial charge in [0.15, 0.2) is 11.5 Å². The molecule has 2 aromatic rings. The van der Waals surface area contributed by atoms with Crippen LogP contribution in [0.25, 0.3) is 0 Å². The number of methoxy groups -OCH3 is 2. The molecular formula is C21H24N2O4. The van der Waals surface area contributed by atoms with Crippen LogP contribution in [0.1, 0.15) is 35.2 Å². The van der Waals surface area contributed by atoms with Crippen LogP contribution in [0.15, 0.2) is 42.5 Å². The van der Waals surface area contributed by atoms with Crippen molar-refractivity contribution in [2.24, 2.45) is 0 Å². The summed E-state index contributed by atoms with van der Waals surface area (Å²) in [7, 11) is 3.17. The number of ether oxygens (including phenoxy) is 2. The quantitative estimate of drug-likeness (QED) is 0.750. The van der Waals surface area contributed by atoms with Crippen LogP contribution >= 0.6 is 0 Å². The van der Waals surface area contributed by atoms with Gasteiger partial charge in [0.2, 0.25) is 5.91 Å². The zero-order chi connectivity index (χ0) is 19.2. The van der Waals surface area contributed by atoms with Crippen LogP contribution in [-0.2, 0) is 11.2 Å². The molecule has 2 N–H and O–H groups in total. The van der Waals surface area contributed by atoms with Crippen LogP contribution in [0.5, 0.6) is 11.5 Å². The second-order valence-electron chi connectivity index (χ2n) is 6.53. The van der Waals surface area contributed by atoms with Crippen molar-refractivity contribution in [3.63, 3.8) is 0 Å². The molecule has 0 aromatic heterocycles. The summed E-state index contributed by atoms with van der Waals surface area (Å²) >= 11 is 0. The van der Waals surface area contributed by atoms with Crippen molar-refractivity contribution in [1.29, 1.82) is 0 Å². The van der Waals surface area contributed by atoms with Gasteiger partial charge in [-0.2, -0.15) is 0 Å². The molecule has 1 aliphatic carbocycles. The van der Waals surface area contributed by atoms with E-state index in [0.717, 1.165) is 18.4 Å². The number of nitrogens with one attached hydrogen (secondary N) is 2. The van der Waals surface area contributed by atoms with Crippen molar-refractivity contribution < 1.29 is 19.1 Å². The monoisotopic (exact) mass is 368 g/mol. The lowest BCUT2D eigenvalue weighted by Crippen LogP contribution is -2.27. The van der Waals surface area contributed by atoms with Crippen LogP contribution < -0.4 is 20.1 Å². The molecule has 1 fully saturated rings. The maximum absolute atomic E-state index is 12.4. The topological polar surface area (TPSA) is 76.7 Å². The molecule has 6 nitrogen and oxygen atoms in total. The lowest BCUT2D eigenvalue weighted by molar-refractivity contribution is -0.116. The minimum atomic E-state index is -0.145. The highest BCUT2D eigenvalue weighted by atomic mass is 16.5. The number of hydrogen-bond acceptors (Lipinski definition) is 4. The van der Waals surface area contributed by atoms with E-state index in [1.165, 1.54) is 0 Å². The van der Waals surface area contributed by atoms with Crippen LogP contribution in [0.3, 0.4) is 0 Å². The molecule has 142 valence electrons. The summed E-state index contributed by atoms with van der Waals surface area (Å²) in [6.45, 7) is 0. The fourth-order valence-electron chi connectivity index (χ4n) is 2.79. The molecule has 0 aliphatic heterocycles. The van der Waals surface area contributed by atoms with E-state index in [2.05, 4.69) is 10.6 Å². The predicted molar refractivity (Wildman–Crippen MR) is 103 cm³/mol. The van der Waals surface area contributed by atoms with E-state index in [4.69, 9.17) is 9.47 Å². The maximum Gasteiger partial charge on any atom is 0.253 e. The molecule has 0 spiro atoms. The molecule has 2 amide bonds. The van der Waals surface area contributed by atoms with Gasteiger partial charge >= 0.3 is 0 Å². The van der Waals surface area contributed by atoms with Gasteiger partial charge in [-0.25, -0.2) is 0 Å². The summed E-state index contributed by atoms with van der Waals surface area (Å²) in [6, 6.07) is 12.9. The SMILES string of the molecule is COc1ccc(CCC(=O)Nc2ccccc2C(=O)NC2CC2)cc1OC. The number of aryl methyl sites for hydroxylation is 1. The number of carbonyl (C=O) groups excluding carboxylic acids is 2. The first-order valence-corrected chi connectivity index (χ1v) is 9.01. The normalized spacial score (nSPS) is 13.0. The highest BCUT2D eigenvalue weighted by Gasteiger charge is 2.25. The fraction of sp³-hybridized carbons (Fsp3) is 0.333. The van der Waals surface area contributed by atoms with E-state index < -0.39 is 0 Å². The standard InChI is InChI=1S/C21H24N2O4/c1-26-18-11-7-14(13-19(18)27-2)8-12-20(24)23-17-6-4-3-5-16(17)21(25)22-15-9-10-15/h3-7,11,13,15H,8-10,12H2,1-2H3,(H,22,25)(H,23,24). The molecule has 0 heterocycles. The Morgan fingerprint density at radius 1 is 1.04 bits per heavy atom. The smallest absolute Gasteiger partial charge is 0.253 e. The predicted octanol–water partition coefficient (Wildman–Crippen LogP) is 3.17. The Morgan fingerprint density at radius 3 is 2.48 bits per heavy atom.